The molecule has 1 aliphatic rings. The first-order valence-corrected chi connectivity index (χ1v) is 6.75. The molecule has 1 fully saturated rings. The van der Waals surface area contributed by atoms with Crippen molar-refractivity contribution in [3.8, 4) is 0 Å². The molecular formula is C13H28N2O. The average molecular weight is 228 g/mol. The predicted molar refractivity (Wildman–Crippen MR) is 68.8 cm³/mol. The topological polar surface area (TPSA) is 24.5 Å². The first-order valence-electron chi connectivity index (χ1n) is 6.75. The lowest BCUT2D eigenvalue weighted by Gasteiger charge is -2.41. The first kappa shape index (κ1) is 13.9. The third kappa shape index (κ3) is 4.04. The van der Waals surface area contributed by atoms with Crippen molar-refractivity contribution in [2.45, 2.75) is 58.7 Å². The minimum atomic E-state index is 0.553. The standard InChI is InChI=1S/C13H28N2O/c1-5-14-13-7-8-15(11(3)9-13)12(4)10-16-6-2/h11-14H,5-10H2,1-4H3. The second-order valence-electron chi connectivity index (χ2n) is 4.87. The Hall–Kier alpha value is -0.120. The molecule has 0 aromatic heterocycles. The van der Waals surface area contributed by atoms with Gasteiger partial charge in [0, 0.05) is 31.3 Å². The molecule has 1 aliphatic heterocycles. The van der Waals surface area contributed by atoms with E-state index in [2.05, 4.69) is 37.9 Å². The van der Waals surface area contributed by atoms with Gasteiger partial charge >= 0.3 is 0 Å². The molecule has 16 heavy (non-hydrogen) atoms. The highest BCUT2D eigenvalue weighted by Crippen LogP contribution is 2.19. The Balaban J connectivity index is 2.34. The van der Waals surface area contributed by atoms with Gasteiger partial charge in [-0.05, 0) is 40.2 Å². The number of nitrogens with zero attached hydrogens (tertiary/aromatic N) is 1. The zero-order chi connectivity index (χ0) is 12.0. The zero-order valence-electron chi connectivity index (χ0n) is 11.3. The van der Waals surface area contributed by atoms with Gasteiger partial charge in [-0.15, -0.1) is 0 Å². The van der Waals surface area contributed by atoms with Crippen LogP contribution in [0.4, 0.5) is 0 Å². The van der Waals surface area contributed by atoms with Crippen molar-refractivity contribution in [2.75, 3.05) is 26.3 Å². The van der Waals surface area contributed by atoms with Gasteiger partial charge in [0.2, 0.25) is 0 Å². The Labute approximate surface area is 101 Å². The summed E-state index contributed by atoms with van der Waals surface area (Å²) < 4.78 is 5.51. The van der Waals surface area contributed by atoms with E-state index in [9.17, 15) is 0 Å². The lowest BCUT2D eigenvalue weighted by molar-refractivity contribution is 0.0324. The number of piperidine rings is 1. The van der Waals surface area contributed by atoms with E-state index in [0.717, 1.165) is 25.8 Å². The monoisotopic (exact) mass is 228 g/mol. The Kier molecular flexibility index (Phi) is 6.32. The normalized spacial score (nSPS) is 29.2. The minimum absolute atomic E-state index is 0.553. The molecule has 0 aromatic rings. The molecule has 3 atom stereocenters. The first-order chi connectivity index (χ1) is 7.69. The fourth-order valence-electron chi connectivity index (χ4n) is 2.70. The van der Waals surface area contributed by atoms with E-state index in [4.69, 9.17) is 4.74 Å². The van der Waals surface area contributed by atoms with Crippen molar-refractivity contribution < 1.29 is 4.74 Å². The van der Waals surface area contributed by atoms with Crippen LogP contribution in [0, 0.1) is 0 Å². The molecule has 96 valence electrons. The highest BCUT2D eigenvalue weighted by Gasteiger charge is 2.27. The van der Waals surface area contributed by atoms with Crippen LogP contribution in [-0.2, 0) is 4.74 Å². The molecule has 3 nitrogen and oxygen atoms in total. The van der Waals surface area contributed by atoms with Crippen LogP contribution in [0.1, 0.15) is 40.5 Å². The second kappa shape index (κ2) is 7.25. The molecule has 0 spiro atoms. The third-order valence-electron chi connectivity index (χ3n) is 3.55. The SMILES string of the molecule is CCNC1CCN(C(C)COCC)C(C)C1. The van der Waals surface area contributed by atoms with Crippen molar-refractivity contribution in [3.05, 3.63) is 0 Å². The van der Waals surface area contributed by atoms with Crippen LogP contribution < -0.4 is 5.32 Å². The van der Waals surface area contributed by atoms with E-state index in [-0.39, 0.29) is 0 Å². The van der Waals surface area contributed by atoms with E-state index < -0.39 is 0 Å². The summed E-state index contributed by atoms with van der Waals surface area (Å²) in [6.07, 6.45) is 2.54. The van der Waals surface area contributed by atoms with Gasteiger partial charge in [-0.2, -0.15) is 0 Å². The van der Waals surface area contributed by atoms with Crippen LogP contribution in [0.25, 0.3) is 0 Å². The van der Waals surface area contributed by atoms with Crippen LogP contribution in [0.5, 0.6) is 0 Å². The average Bonchev–Trinajstić information content (AvgIpc) is 2.26. The van der Waals surface area contributed by atoms with E-state index in [1.165, 1.54) is 19.4 Å². The molecule has 1 heterocycles. The van der Waals surface area contributed by atoms with Crippen LogP contribution in [0.15, 0.2) is 0 Å². The van der Waals surface area contributed by atoms with Gasteiger partial charge in [-0.3, -0.25) is 4.90 Å². The zero-order valence-corrected chi connectivity index (χ0v) is 11.3. The van der Waals surface area contributed by atoms with Crippen molar-refractivity contribution in [3.63, 3.8) is 0 Å². The summed E-state index contributed by atoms with van der Waals surface area (Å²) in [7, 11) is 0. The predicted octanol–water partition coefficient (Wildman–Crippen LogP) is 1.87. The number of ether oxygens (including phenoxy) is 1. The van der Waals surface area contributed by atoms with Gasteiger partial charge in [0.15, 0.2) is 0 Å². The molecule has 0 bridgehead atoms. The fourth-order valence-corrected chi connectivity index (χ4v) is 2.70. The molecule has 0 aromatic carbocycles. The van der Waals surface area contributed by atoms with Gasteiger partial charge in [-0.25, -0.2) is 0 Å². The second-order valence-corrected chi connectivity index (χ2v) is 4.87. The maximum Gasteiger partial charge on any atom is 0.0619 e. The number of nitrogens with one attached hydrogen (secondary N) is 1. The molecule has 1 N–H and O–H groups in total. The van der Waals surface area contributed by atoms with Crippen molar-refractivity contribution in [1.82, 2.24) is 10.2 Å². The molecule has 0 amide bonds. The molecule has 1 saturated heterocycles. The highest BCUT2D eigenvalue weighted by atomic mass is 16.5. The van der Waals surface area contributed by atoms with Gasteiger partial charge < -0.3 is 10.1 Å². The number of rotatable bonds is 6. The summed E-state index contributed by atoms with van der Waals surface area (Å²) in [6.45, 7) is 12.9. The summed E-state index contributed by atoms with van der Waals surface area (Å²) in [6, 6.07) is 1.95. The Morgan fingerprint density at radius 3 is 2.75 bits per heavy atom. The van der Waals surface area contributed by atoms with Crippen molar-refractivity contribution in [1.29, 1.82) is 0 Å². The maximum atomic E-state index is 5.51. The highest BCUT2D eigenvalue weighted by molar-refractivity contribution is 4.85. The van der Waals surface area contributed by atoms with Crippen LogP contribution in [-0.4, -0.2) is 49.3 Å². The van der Waals surface area contributed by atoms with E-state index >= 15 is 0 Å². The summed E-state index contributed by atoms with van der Waals surface area (Å²) >= 11 is 0. The van der Waals surface area contributed by atoms with Crippen molar-refractivity contribution in [2.24, 2.45) is 0 Å². The molecule has 0 radical (unpaired) electrons. The van der Waals surface area contributed by atoms with E-state index in [1.54, 1.807) is 0 Å². The smallest absolute Gasteiger partial charge is 0.0619 e. The van der Waals surface area contributed by atoms with E-state index in [0.29, 0.717) is 12.1 Å². The molecule has 3 unspecified atom stereocenters. The molecule has 0 aliphatic carbocycles. The van der Waals surface area contributed by atoms with Crippen LogP contribution in [0.3, 0.4) is 0 Å². The largest absolute Gasteiger partial charge is 0.380 e. The minimum Gasteiger partial charge on any atom is -0.380 e. The van der Waals surface area contributed by atoms with Crippen LogP contribution >= 0.6 is 0 Å². The quantitative estimate of drug-likeness (QED) is 0.751. The Morgan fingerprint density at radius 2 is 2.19 bits per heavy atom. The Bertz CT molecular complexity index is 187. The lowest BCUT2D eigenvalue weighted by Crippen LogP contribution is -2.51. The molecular weight excluding hydrogens is 200 g/mol. The number of likely N-dealkylation sites (tertiary alicyclic amines) is 1. The summed E-state index contributed by atoms with van der Waals surface area (Å²) in [5.41, 5.74) is 0. The summed E-state index contributed by atoms with van der Waals surface area (Å²) in [5.74, 6) is 0. The molecule has 1 rings (SSSR count). The van der Waals surface area contributed by atoms with Crippen molar-refractivity contribution >= 4 is 0 Å². The third-order valence-corrected chi connectivity index (χ3v) is 3.55. The lowest BCUT2D eigenvalue weighted by atomic mass is 9.97. The van der Waals surface area contributed by atoms with Gasteiger partial charge in [0.25, 0.3) is 0 Å². The fraction of sp³-hybridized carbons (Fsp3) is 1.00. The summed E-state index contributed by atoms with van der Waals surface area (Å²) in [4.78, 5) is 2.59. The molecule has 0 saturated carbocycles. The maximum absolute atomic E-state index is 5.51. The van der Waals surface area contributed by atoms with Gasteiger partial charge in [-0.1, -0.05) is 6.92 Å². The molecule has 3 heteroatoms. The van der Waals surface area contributed by atoms with Crippen LogP contribution in [0.2, 0.25) is 0 Å². The number of hydrogen-bond acceptors (Lipinski definition) is 3. The van der Waals surface area contributed by atoms with Gasteiger partial charge in [0.1, 0.15) is 0 Å². The number of hydrogen-bond donors (Lipinski definition) is 1. The van der Waals surface area contributed by atoms with E-state index in [1.807, 2.05) is 0 Å². The van der Waals surface area contributed by atoms with Gasteiger partial charge in [0.05, 0.1) is 6.61 Å². The summed E-state index contributed by atoms with van der Waals surface area (Å²) in [5, 5.41) is 3.56. The Morgan fingerprint density at radius 1 is 1.44 bits per heavy atom.